The fourth-order valence-corrected chi connectivity index (χ4v) is 4.04. The van der Waals surface area contributed by atoms with E-state index in [-0.39, 0.29) is 24.9 Å². The molecule has 1 saturated heterocycles. The van der Waals surface area contributed by atoms with Crippen molar-refractivity contribution in [1.82, 2.24) is 25.7 Å². The van der Waals surface area contributed by atoms with Gasteiger partial charge in [-0.15, -0.1) is 15.3 Å². The number of benzene rings is 1. The molecule has 0 radical (unpaired) electrons. The van der Waals surface area contributed by atoms with Crippen molar-refractivity contribution < 1.29 is 18.6 Å². The molecular formula is C25H31FN6O3. The van der Waals surface area contributed by atoms with Gasteiger partial charge in [-0.2, -0.15) is 5.10 Å². The van der Waals surface area contributed by atoms with Crippen LogP contribution in [0.3, 0.4) is 0 Å². The lowest BCUT2D eigenvalue weighted by Gasteiger charge is -2.26. The Balaban J connectivity index is 1.57. The zero-order valence-electron chi connectivity index (χ0n) is 20.7. The van der Waals surface area contributed by atoms with Crippen molar-refractivity contribution in [2.75, 3.05) is 39.0 Å². The van der Waals surface area contributed by atoms with Crippen LogP contribution < -0.4 is 19.7 Å². The minimum Gasteiger partial charge on any atom is -0.480 e. The lowest BCUT2D eigenvalue weighted by atomic mass is 10.0. The fourth-order valence-electron chi connectivity index (χ4n) is 4.04. The second kappa shape index (κ2) is 10.5. The number of rotatable bonds is 8. The number of nitrogens with one attached hydrogen (secondary N) is 1. The van der Waals surface area contributed by atoms with Crippen molar-refractivity contribution in [3.63, 3.8) is 0 Å². The van der Waals surface area contributed by atoms with E-state index < -0.39 is 6.17 Å². The quantitative estimate of drug-likeness (QED) is 0.484. The minimum atomic E-state index is -0.974. The molecule has 2 atom stereocenters. The Hall–Kier alpha value is -3.37. The molecule has 0 bridgehead atoms. The van der Waals surface area contributed by atoms with E-state index in [4.69, 9.17) is 14.2 Å². The Morgan fingerprint density at radius 2 is 1.86 bits per heavy atom. The summed E-state index contributed by atoms with van der Waals surface area (Å²) < 4.78 is 30.7. The van der Waals surface area contributed by atoms with Gasteiger partial charge in [0.15, 0.2) is 12.6 Å². The van der Waals surface area contributed by atoms with Crippen LogP contribution in [0.1, 0.15) is 20.8 Å². The predicted molar refractivity (Wildman–Crippen MR) is 131 cm³/mol. The monoisotopic (exact) mass is 482 g/mol. The molecule has 186 valence electrons. The maximum atomic E-state index is 14.6. The maximum absolute atomic E-state index is 14.6. The van der Waals surface area contributed by atoms with Crippen LogP contribution in [0, 0.1) is 0 Å². The second-order valence-corrected chi connectivity index (χ2v) is 9.45. The van der Waals surface area contributed by atoms with E-state index in [9.17, 15) is 4.39 Å². The Morgan fingerprint density at radius 1 is 1.03 bits per heavy atom. The van der Waals surface area contributed by atoms with Gasteiger partial charge in [-0.1, -0.05) is 6.07 Å². The van der Waals surface area contributed by atoms with E-state index in [0.717, 1.165) is 16.7 Å². The molecule has 0 aliphatic carbocycles. The SMILES string of the molecule is COCOc1cc(-c2cnnc(OC)c2)ccc1-c1ccc(N2C[C@H](NC(C)(C)C)[C@@H](F)C2)nn1. The van der Waals surface area contributed by atoms with Gasteiger partial charge in [-0.25, -0.2) is 4.39 Å². The highest BCUT2D eigenvalue weighted by atomic mass is 19.1. The first-order valence-electron chi connectivity index (χ1n) is 11.4. The van der Waals surface area contributed by atoms with Crippen LogP contribution >= 0.6 is 0 Å². The Labute approximate surface area is 204 Å². The van der Waals surface area contributed by atoms with E-state index in [2.05, 4.69) is 25.7 Å². The van der Waals surface area contributed by atoms with Crippen molar-refractivity contribution in [2.45, 2.75) is 38.5 Å². The number of hydrogen-bond acceptors (Lipinski definition) is 9. The van der Waals surface area contributed by atoms with Crippen molar-refractivity contribution in [3.05, 3.63) is 42.6 Å². The molecule has 10 heteroatoms. The van der Waals surface area contributed by atoms with Crippen LogP contribution in [0.5, 0.6) is 11.6 Å². The van der Waals surface area contributed by atoms with Gasteiger partial charge >= 0.3 is 0 Å². The molecule has 1 N–H and O–H groups in total. The third-order valence-electron chi connectivity index (χ3n) is 5.61. The van der Waals surface area contributed by atoms with Gasteiger partial charge in [-0.05, 0) is 50.6 Å². The van der Waals surface area contributed by atoms with Crippen molar-refractivity contribution in [3.8, 4) is 34.0 Å². The Bertz CT molecular complexity index is 1140. The standard InChI is InChI=1S/C25H31FN6O3/c1-25(2,3)28-21-14-32(13-19(21)26)23-9-8-20(29-30-23)18-7-6-16(10-22(18)35-15-33-4)17-11-24(34-5)31-27-12-17/h6-12,19,21,28H,13-15H2,1-5H3/t19-,21-/m0/s1. The number of ether oxygens (including phenoxy) is 3. The first kappa shape index (κ1) is 24.7. The van der Waals surface area contributed by atoms with Gasteiger partial charge < -0.3 is 24.4 Å². The summed E-state index contributed by atoms with van der Waals surface area (Å²) in [5.41, 5.74) is 2.94. The Kier molecular flexibility index (Phi) is 7.42. The summed E-state index contributed by atoms with van der Waals surface area (Å²) in [5.74, 6) is 1.65. The lowest BCUT2D eigenvalue weighted by molar-refractivity contribution is 0.0515. The zero-order valence-corrected chi connectivity index (χ0v) is 20.7. The molecule has 3 aromatic rings. The van der Waals surface area contributed by atoms with Gasteiger partial charge in [0.2, 0.25) is 5.88 Å². The summed E-state index contributed by atoms with van der Waals surface area (Å²) >= 11 is 0. The molecule has 0 amide bonds. The molecule has 4 rings (SSSR count). The average Bonchev–Trinajstić information content (AvgIpc) is 3.21. The number of aromatic nitrogens is 4. The molecule has 2 aromatic heterocycles. The number of methoxy groups -OCH3 is 2. The van der Waals surface area contributed by atoms with Crippen molar-refractivity contribution in [2.24, 2.45) is 0 Å². The molecule has 1 aromatic carbocycles. The van der Waals surface area contributed by atoms with E-state index in [0.29, 0.717) is 29.7 Å². The minimum absolute atomic E-state index is 0.0771. The number of nitrogens with zero attached hydrogens (tertiary/aromatic N) is 5. The first-order chi connectivity index (χ1) is 16.8. The van der Waals surface area contributed by atoms with Gasteiger partial charge in [0.25, 0.3) is 0 Å². The molecule has 0 unspecified atom stereocenters. The van der Waals surface area contributed by atoms with Gasteiger partial charge in [0.05, 0.1) is 31.6 Å². The van der Waals surface area contributed by atoms with Crippen LogP contribution in [0.15, 0.2) is 42.6 Å². The van der Waals surface area contributed by atoms with Crippen LogP contribution in [0.25, 0.3) is 22.4 Å². The summed E-state index contributed by atoms with van der Waals surface area (Å²) in [6, 6.07) is 11.0. The summed E-state index contributed by atoms with van der Waals surface area (Å²) in [6.45, 7) is 7.00. The van der Waals surface area contributed by atoms with Crippen molar-refractivity contribution >= 4 is 5.82 Å². The van der Waals surface area contributed by atoms with Gasteiger partial charge in [0.1, 0.15) is 11.9 Å². The van der Waals surface area contributed by atoms with E-state index in [1.165, 1.54) is 0 Å². The highest BCUT2D eigenvalue weighted by molar-refractivity contribution is 5.74. The van der Waals surface area contributed by atoms with Gasteiger partial charge in [-0.3, -0.25) is 0 Å². The topological polar surface area (TPSA) is 94.5 Å². The highest BCUT2D eigenvalue weighted by Gasteiger charge is 2.35. The van der Waals surface area contributed by atoms with E-state index in [1.807, 2.05) is 56.0 Å². The van der Waals surface area contributed by atoms with Gasteiger partial charge in [0, 0.05) is 36.4 Å². The van der Waals surface area contributed by atoms with Crippen molar-refractivity contribution in [1.29, 1.82) is 0 Å². The smallest absolute Gasteiger partial charge is 0.233 e. The zero-order chi connectivity index (χ0) is 25.0. The van der Waals surface area contributed by atoms with Crippen LogP contribution in [-0.2, 0) is 4.74 Å². The highest BCUT2D eigenvalue weighted by Crippen LogP contribution is 2.34. The molecule has 1 aliphatic heterocycles. The molecule has 35 heavy (non-hydrogen) atoms. The number of anilines is 1. The normalized spacial score (nSPS) is 18.1. The molecule has 0 spiro atoms. The summed E-state index contributed by atoms with van der Waals surface area (Å²) in [6.07, 6.45) is 0.681. The predicted octanol–water partition coefficient (Wildman–Crippen LogP) is 3.51. The summed E-state index contributed by atoms with van der Waals surface area (Å²) in [4.78, 5) is 1.92. The summed E-state index contributed by atoms with van der Waals surface area (Å²) in [5, 5.41) is 20.1. The average molecular weight is 483 g/mol. The fraction of sp³-hybridized carbons (Fsp3) is 0.440. The molecule has 1 fully saturated rings. The molecule has 1 aliphatic rings. The van der Waals surface area contributed by atoms with E-state index >= 15 is 0 Å². The second-order valence-electron chi connectivity index (χ2n) is 9.45. The third kappa shape index (κ3) is 6.01. The maximum Gasteiger partial charge on any atom is 0.233 e. The molecule has 0 saturated carbocycles. The lowest BCUT2D eigenvalue weighted by Crippen LogP contribution is -2.48. The summed E-state index contributed by atoms with van der Waals surface area (Å²) in [7, 11) is 3.11. The Morgan fingerprint density at radius 3 is 2.54 bits per heavy atom. The van der Waals surface area contributed by atoms with E-state index in [1.54, 1.807) is 26.5 Å². The molecular weight excluding hydrogens is 451 g/mol. The first-order valence-corrected chi connectivity index (χ1v) is 11.4. The molecule has 3 heterocycles. The van der Waals surface area contributed by atoms with Crippen LogP contribution in [0.2, 0.25) is 0 Å². The van der Waals surface area contributed by atoms with Crippen LogP contribution in [0.4, 0.5) is 10.2 Å². The number of hydrogen-bond donors (Lipinski definition) is 1. The largest absolute Gasteiger partial charge is 0.480 e. The number of alkyl halides is 1. The number of halogens is 1. The third-order valence-corrected chi connectivity index (χ3v) is 5.61. The molecule has 9 nitrogen and oxygen atoms in total. The van der Waals surface area contributed by atoms with Crippen LogP contribution in [-0.4, -0.2) is 72.2 Å².